The van der Waals surface area contributed by atoms with Crippen LogP contribution >= 0.6 is 0 Å². The van der Waals surface area contributed by atoms with Gasteiger partial charge in [0.25, 0.3) is 0 Å². The molecule has 1 aliphatic rings. The van der Waals surface area contributed by atoms with Crippen LogP contribution in [-0.4, -0.2) is 40.8 Å². The zero-order chi connectivity index (χ0) is 17.8. The molecule has 0 saturated carbocycles. The Labute approximate surface area is 147 Å². The van der Waals surface area contributed by atoms with Crippen molar-refractivity contribution in [1.82, 2.24) is 15.2 Å². The van der Waals surface area contributed by atoms with Crippen molar-refractivity contribution >= 4 is 11.8 Å². The van der Waals surface area contributed by atoms with Gasteiger partial charge in [-0.2, -0.15) is 0 Å². The van der Waals surface area contributed by atoms with E-state index >= 15 is 0 Å². The molecule has 1 aliphatic heterocycles. The number of oxazole rings is 1. The first kappa shape index (κ1) is 17.2. The Kier molecular flexibility index (Phi) is 5.16. The Morgan fingerprint density at radius 1 is 1.24 bits per heavy atom. The van der Waals surface area contributed by atoms with Crippen molar-refractivity contribution in [2.75, 3.05) is 13.1 Å². The van der Waals surface area contributed by atoms with Crippen molar-refractivity contribution < 1.29 is 14.0 Å². The summed E-state index contributed by atoms with van der Waals surface area (Å²) in [6.07, 6.45) is 1.78. The Bertz CT molecular complexity index is 747. The molecular formula is C19H23N3O3. The number of amides is 2. The smallest absolute Gasteiger partial charge is 0.226 e. The molecule has 0 bridgehead atoms. The van der Waals surface area contributed by atoms with Gasteiger partial charge in [-0.05, 0) is 31.9 Å². The van der Waals surface area contributed by atoms with Gasteiger partial charge >= 0.3 is 0 Å². The fourth-order valence-electron chi connectivity index (χ4n) is 3.07. The maximum absolute atomic E-state index is 12.3. The van der Waals surface area contributed by atoms with E-state index in [1.165, 1.54) is 0 Å². The van der Waals surface area contributed by atoms with E-state index in [1.54, 1.807) is 6.92 Å². The third-order valence-electron chi connectivity index (χ3n) is 4.55. The number of nitrogens with one attached hydrogen (secondary N) is 1. The summed E-state index contributed by atoms with van der Waals surface area (Å²) >= 11 is 0. The lowest BCUT2D eigenvalue weighted by molar-refractivity contribution is -0.130. The highest BCUT2D eigenvalue weighted by molar-refractivity contribution is 5.79. The third-order valence-corrected chi connectivity index (χ3v) is 4.55. The molecule has 3 rings (SSSR count). The first-order valence-corrected chi connectivity index (χ1v) is 8.59. The molecule has 25 heavy (non-hydrogen) atoms. The maximum Gasteiger partial charge on any atom is 0.226 e. The van der Waals surface area contributed by atoms with E-state index in [4.69, 9.17) is 4.42 Å². The minimum absolute atomic E-state index is 0.0581. The van der Waals surface area contributed by atoms with Gasteiger partial charge in [0.15, 0.2) is 0 Å². The lowest BCUT2D eigenvalue weighted by Crippen LogP contribution is -2.46. The van der Waals surface area contributed by atoms with Crippen LogP contribution in [0.4, 0.5) is 0 Å². The molecule has 1 aromatic carbocycles. The minimum Gasteiger partial charge on any atom is -0.441 e. The molecule has 0 aliphatic carbocycles. The minimum atomic E-state index is -0.0581. The highest BCUT2D eigenvalue weighted by Gasteiger charge is 2.23. The van der Waals surface area contributed by atoms with Gasteiger partial charge in [-0.15, -0.1) is 0 Å². The van der Waals surface area contributed by atoms with Crippen LogP contribution in [0.1, 0.15) is 31.2 Å². The predicted octanol–water partition coefficient (Wildman–Crippen LogP) is 2.32. The van der Waals surface area contributed by atoms with Gasteiger partial charge in [0.05, 0.1) is 12.1 Å². The van der Waals surface area contributed by atoms with Gasteiger partial charge in [0.2, 0.25) is 17.7 Å². The largest absolute Gasteiger partial charge is 0.441 e. The SMILES string of the molecule is CC(=O)N1CCC(NC(=O)Cc2nc(-c3ccccc3)oc2C)CC1. The molecule has 1 fully saturated rings. The lowest BCUT2D eigenvalue weighted by atomic mass is 10.0. The molecule has 6 nitrogen and oxygen atoms in total. The summed E-state index contributed by atoms with van der Waals surface area (Å²) in [5, 5.41) is 3.04. The van der Waals surface area contributed by atoms with Crippen LogP contribution in [0.5, 0.6) is 0 Å². The van der Waals surface area contributed by atoms with Gasteiger partial charge < -0.3 is 14.6 Å². The van der Waals surface area contributed by atoms with E-state index in [9.17, 15) is 9.59 Å². The Morgan fingerprint density at radius 2 is 1.92 bits per heavy atom. The second-order valence-electron chi connectivity index (χ2n) is 6.41. The number of carbonyl (C=O) groups is 2. The van der Waals surface area contributed by atoms with Crippen LogP contribution < -0.4 is 5.32 Å². The summed E-state index contributed by atoms with van der Waals surface area (Å²) in [7, 11) is 0. The number of hydrogen-bond acceptors (Lipinski definition) is 4. The molecule has 6 heteroatoms. The van der Waals surface area contributed by atoms with E-state index in [0.29, 0.717) is 30.4 Å². The first-order valence-electron chi connectivity index (χ1n) is 8.59. The molecular weight excluding hydrogens is 318 g/mol. The molecule has 2 heterocycles. The average molecular weight is 341 g/mol. The topological polar surface area (TPSA) is 75.4 Å². The van der Waals surface area contributed by atoms with Crippen molar-refractivity contribution in [2.24, 2.45) is 0 Å². The number of rotatable bonds is 4. The van der Waals surface area contributed by atoms with Crippen LogP contribution in [0.15, 0.2) is 34.7 Å². The van der Waals surface area contributed by atoms with Crippen molar-refractivity contribution in [2.45, 2.75) is 39.2 Å². The van der Waals surface area contributed by atoms with Crippen molar-refractivity contribution in [3.05, 3.63) is 41.8 Å². The second-order valence-corrected chi connectivity index (χ2v) is 6.41. The number of nitrogens with zero attached hydrogens (tertiary/aromatic N) is 2. The Hall–Kier alpha value is -2.63. The zero-order valence-corrected chi connectivity index (χ0v) is 14.6. The summed E-state index contributed by atoms with van der Waals surface area (Å²) in [5.74, 6) is 1.24. The molecule has 2 amide bonds. The predicted molar refractivity (Wildman–Crippen MR) is 93.8 cm³/mol. The second kappa shape index (κ2) is 7.51. The van der Waals surface area contributed by atoms with Crippen molar-refractivity contribution in [3.63, 3.8) is 0 Å². The van der Waals surface area contributed by atoms with Gasteiger partial charge in [0, 0.05) is 31.6 Å². The molecule has 132 valence electrons. The lowest BCUT2D eigenvalue weighted by Gasteiger charge is -2.31. The first-order chi connectivity index (χ1) is 12.0. The summed E-state index contributed by atoms with van der Waals surface area (Å²) in [6.45, 7) is 4.80. The fourth-order valence-corrected chi connectivity index (χ4v) is 3.07. The fraction of sp³-hybridized carbons (Fsp3) is 0.421. The maximum atomic E-state index is 12.3. The van der Waals surface area contributed by atoms with Crippen LogP contribution in [0.2, 0.25) is 0 Å². The number of likely N-dealkylation sites (tertiary alicyclic amines) is 1. The van der Waals surface area contributed by atoms with Crippen LogP contribution in [-0.2, 0) is 16.0 Å². The molecule has 0 spiro atoms. The highest BCUT2D eigenvalue weighted by atomic mass is 16.4. The monoisotopic (exact) mass is 341 g/mol. The summed E-state index contributed by atoms with van der Waals surface area (Å²) in [4.78, 5) is 30.0. The number of hydrogen-bond donors (Lipinski definition) is 1. The molecule has 1 N–H and O–H groups in total. The van der Waals surface area contributed by atoms with Crippen molar-refractivity contribution in [1.29, 1.82) is 0 Å². The normalized spacial score (nSPS) is 15.2. The zero-order valence-electron chi connectivity index (χ0n) is 14.6. The van der Waals surface area contributed by atoms with E-state index in [-0.39, 0.29) is 24.3 Å². The standard InChI is InChI=1S/C19H23N3O3/c1-13-17(21-19(25-13)15-6-4-3-5-7-15)12-18(24)20-16-8-10-22(11-9-16)14(2)23/h3-7,16H,8-12H2,1-2H3,(H,20,24). The Morgan fingerprint density at radius 3 is 2.56 bits per heavy atom. The van der Waals surface area contributed by atoms with E-state index in [1.807, 2.05) is 42.2 Å². The van der Waals surface area contributed by atoms with Crippen LogP contribution in [0.25, 0.3) is 11.5 Å². The molecule has 2 aromatic rings. The van der Waals surface area contributed by atoms with Gasteiger partial charge in [0.1, 0.15) is 5.76 Å². The van der Waals surface area contributed by atoms with Gasteiger partial charge in [-0.1, -0.05) is 18.2 Å². The van der Waals surface area contributed by atoms with Gasteiger partial charge in [-0.3, -0.25) is 9.59 Å². The van der Waals surface area contributed by atoms with E-state index in [2.05, 4.69) is 10.3 Å². The van der Waals surface area contributed by atoms with Crippen molar-refractivity contribution in [3.8, 4) is 11.5 Å². The van der Waals surface area contributed by atoms with E-state index in [0.717, 1.165) is 18.4 Å². The Balaban J connectivity index is 1.57. The molecule has 0 atom stereocenters. The summed E-state index contributed by atoms with van der Waals surface area (Å²) < 4.78 is 5.70. The summed E-state index contributed by atoms with van der Waals surface area (Å²) in [6, 6.07) is 9.76. The van der Waals surface area contributed by atoms with Crippen LogP contribution in [0, 0.1) is 6.92 Å². The number of benzene rings is 1. The van der Waals surface area contributed by atoms with E-state index < -0.39 is 0 Å². The highest BCUT2D eigenvalue weighted by Crippen LogP contribution is 2.21. The third kappa shape index (κ3) is 4.26. The number of piperidine rings is 1. The van der Waals surface area contributed by atoms with Gasteiger partial charge in [-0.25, -0.2) is 4.98 Å². The number of aryl methyl sites for hydroxylation is 1. The quantitative estimate of drug-likeness (QED) is 0.926. The molecule has 1 aromatic heterocycles. The average Bonchev–Trinajstić information content (AvgIpc) is 2.97. The number of carbonyl (C=O) groups excluding carboxylic acids is 2. The molecule has 1 saturated heterocycles. The summed E-state index contributed by atoms with van der Waals surface area (Å²) in [5.41, 5.74) is 1.56. The molecule has 0 unspecified atom stereocenters. The van der Waals surface area contributed by atoms with Crippen LogP contribution in [0.3, 0.4) is 0 Å². The number of aromatic nitrogens is 1. The molecule has 0 radical (unpaired) electrons.